The zero-order chi connectivity index (χ0) is 14.2. The molecule has 2 aromatic carbocycles. The maximum Gasteiger partial charge on any atom is 0.132 e. The van der Waals surface area contributed by atoms with Crippen LogP contribution in [0.15, 0.2) is 34.8 Å². The van der Waals surface area contributed by atoms with Gasteiger partial charge in [-0.1, -0.05) is 39.7 Å². The molecular weight excluding hydrogens is 312 g/mol. The first kappa shape index (κ1) is 14.2. The minimum atomic E-state index is -0.811. The molecule has 2 rings (SSSR count). The highest BCUT2D eigenvalue weighted by atomic mass is 79.9. The van der Waals surface area contributed by atoms with Crippen molar-refractivity contribution in [1.29, 1.82) is 0 Å². The second-order valence-electron chi connectivity index (χ2n) is 4.62. The van der Waals surface area contributed by atoms with Crippen molar-refractivity contribution >= 4 is 15.9 Å². The van der Waals surface area contributed by atoms with E-state index in [1.807, 2.05) is 32.0 Å². The van der Waals surface area contributed by atoms with Gasteiger partial charge in [0, 0.05) is 10.0 Å². The Bertz CT molecular complexity index is 603. The van der Waals surface area contributed by atoms with Crippen molar-refractivity contribution in [2.75, 3.05) is 0 Å². The zero-order valence-electron chi connectivity index (χ0n) is 10.7. The normalized spacial score (nSPS) is 12.5. The van der Waals surface area contributed by atoms with Crippen LogP contribution in [0.4, 0.5) is 8.78 Å². The number of hydrogen-bond donors (Lipinski definition) is 1. The van der Waals surface area contributed by atoms with Gasteiger partial charge in [-0.3, -0.25) is 0 Å². The SMILES string of the molecule is Cc1ccc(C(N)c2c(F)cc(Br)cc2F)c(C)c1. The van der Waals surface area contributed by atoms with Gasteiger partial charge in [-0.2, -0.15) is 0 Å². The average molecular weight is 326 g/mol. The molecule has 0 aromatic heterocycles. The lowest BCUT2D eigenvalue weighted by Gasteiger charge is -2.17. The Morgan fingerprint density at radius 2 is 1.63 bits per heavy atom. The molecule has 0 saturated carbocycles. The van der Waals surface area contributed by atoms with Crippen LogP contribution in [0.25, 0.3) is 0 Å². The van der Waals surface area contributed by atoms with E-state index < -0.39 is 17.7 Å². The maximum absolute atomic E-state index is 13.9. The summed E-state index contributed by atoms with van der Waals surface area (Å²) >= 11 is 3.06. The van der Waals surface area contributed by atoms with Gasteiger partial charge >= 0.3 is 0 Å². The molecule has 0 radical (unpaired) electrons. The number of halogens is 3. The number of aryl methyl sites for hydroxylation is 2. The molecule has 1 atom stereocenters. The quantitative estimate of drug-likeness (QED) is 0.870. The van der Waals surface area contributed by atoms with Crippen LogP contribution in [0.2, 0.25) is 0 Å². The lowest BCUT2D eigenvalue weighted by molar-refractivity contribution is 0.541. The number of benzene rings is 2. The topological polar surface area (TPSA) is 26.0 Å². The van der Waals surface area contributed by atoms with E-state index in [0.29, 0.717) is 4.47 Å². The van der Waals surface area contributed by atoms with Gasteiger partial charge in [-0.05, 0) is 37.1 Å². The van der Waals surface area contributed by atoms with E-state index in [1.165, 1.54) is 12.1 Å². The molecule has 0 saturated heterocycles. The van der Waals surface area contributed by atoms with Crippen LogP contribution in [-0.2, 0) is 0 Å². The highest BCUT2D eigenvalue weighted by Crippen LogP contribution is 2.29. The van der Waals surface area contributed by atoms with E-state index in [0.717, 1.165) is 16.7 Å². The van der Waals surface area contributed by atoms with Crippen molar-refractivity contribution in [2.45, 2.75) is 19.9 Å². The lowest BCUT2D eigenvalue weighted by Crippen LogP contribution is -2.17. The third-order valence-corrected chi connectivity index (χ3v) is 3.57. The predicted octanol–water partition coefficient (Wildman–Crippen LogP) is 4.39. The van der Waals surface area contributed by atoms with Crippen LogP contribution in [-0.4, -0.2) is 0 Å². The molecule has 0 aliphatic heterocycles. The second-order valence-corrected chi connectivity index (χ2v) is 5.54. The summed E-state index contributed by atoms with van der Waals surface area (Å²) in [6, 6.07) is 7.29. The second kappa shape index (κ2) is 5.39. The Kier molecular flexibility index (Phi) is 4.02. The van der Waals surface area contributed by atoms with Crippen LogP contribution in [0, 0.1) is 25.5 Å². The van der Waals surface area contributed by atoms with Crippen molar-refractivity contribution in [1.82, 2.24) is 0 Å². The molecular formula is C15H14BrF2N. The fourth-order valence-electron chi connectivity index (χ4n) is 2.18. The van der Waals surface area contributed by atoms with Gasteiger partial charge in [0.2, 0.25) is 0 Å². The molecule has 100 valence electrons. The molecule has 0 heterocycles. The van der Waals surface area contributed by atoms with Crippen LogP contribution >= 0.6 is 15.9 Å². The largest absolute Gasteiger partial charge is 0.320 e. The molecule has 0 aliphatic carbocycles. The van der Waals surface area contributed by atoms with Crippen LogP contribution < -0.4 is 5.73 Å². The van der Waals surface area contributed by atoms with Gasteiger partial charge < -0.3 is 5.73 Å². The van der Waals surface area contributed by atoms with Crippen LogP contribution in [0.5, 0.6) is 0 Å². The summed E-state index contributed by atoms with van der Waals surface area (Å²) < 4.78 is 28.2. The molecule has 4 heteroatoms. The average Bonchev–Trinajstić information content (AvgIpc) is 2.26. The fraction of sp³-hybridized carbons (Fsp3) is 0.200. The third kappa shape index (κ3) is 2.85. The molecule has 2 N–H and O–H groups in total. The van der Waals surface area contributed by atoms with Gasteiger partial charge in [-0.25, -0.2) is 8.78 Å². The van der Waals surface area contributed by atoms with Crippen LogP contribution in [0.1, 0.15) is 28.3 Å². The first-order valence-electron chi connectivity index (χ1n) is 5.87. The van der Waals surface area contributed by atoms with Crippen molar-refractivity contribution in [3.05, 3.63) is 68.7 Å². The number of nitrogens with two attached hydrogens (primary N) is 1. The number of hydrogen-bond acceptors (Lipinski definition) is 1. The smallest absolute Gasteiger partial charge is 0.132 e. The summed E-state index contributed by atoms with van der Waals surface area (Å²) in [7, 11) is 0. The third-order valence-electron chi connectivity index (χ3n) is 3.12. The Labute approximate surface area is 119 Å². The monoisotopic (exact) mass is 325 g/mol. The van der Waals surface area contributed by atoms with Crippen LogP contribution in [0.3, 0.4) is 0 Å². The van der Waals surface area contributed by atoms with E-state index >= 15 is 0 Å². The van der Waals surface area contributed by atoms with Gasteiger partial charge in [0.25, 0.3) is 0 Å². The standard InChI is InChI=1S/C15H14BrF2N/c1-8-3-4-11(9(2)5-8)15(19)14-12(17)6-10(16)7-13(14)18/h3-7,15H,19H2,1-2H3. The summed E-state index contributed by atoms with van der Waals surface area (Å²) in [6.45, 7) is 3.85. The lowest BCUT2D eigenvalue weighted by atomic mass is 9.94. The maximum atomic E-state index is 13.9. The first-order chi connectivity index (χ1) is 8.90. The van der Waals surface area contributed by atoms with Crippen molar-refractivity contribution in [3.8, 4) is 0 Å². The summed E-state index contributed by atoms with van der Waals surface area (Å²) in [4.78, 5) is 0. The zero-order valence-corrected chi connectivity index (χ0v) is 12.3. The summed E-state index contributed by atoms with van der Waals surface area (Å²) in [5.41, 5.74) is 8.66. The number of rotatable bonds is 2. The summed E-state index contributed by atoms with van der Waals surface area (Å²) in [6.07, 6.45) is 0. The molecule has 0 aliphatic rings. The van der Waals surface area contributed by atoms with E-state index in [9.17, 15) is 8.78 Å². The molecule has 0 fully saturated rings. The van der Waals surface area contributed by atoms with Gasteiger partial charge in [0.15, 0.2) is 0 Å². The van der Waals surface area contributed by atoms with Crippen molar-refractivity contribution in [2.24, 2.45) is 5.73 Å². The highest BCUT2D eigenvalue weighted by molar-refractivity contribution is 9.10. The Morgan fingerprint density at radius 1 is 1.05 bits per heavy atom. The van der Waals surface area contributed by atoms with Crippen molar-refractivity contribution in [3.63, 3.8) is 0 Å². The molecule has 1 unspecified atom stereocenters. The van der Waals surface area contributed by atoms with Crippen molar-refractivity contribution < 1.29 is 8.78 Å². The molecule has 2 aromatic rings. The van der Waals surface area contributed by atoms with E-state index in [2.05, 4.69) is 15.9 Å². The molecule has 0 amide bonds. The van der Waals surface area contributed by atoms with Gasteiger partial charge in [0.1, 0.15) is 11.6 Å². The Hall–Kier alpha value is -1.26. The minimum absolute atomic E-state index is 0.102. The Balaban J connectivity index is 2.53. The molecule has 0 spiro atoms. The van der Waals surface area contributed by atoms with E-state index in [1.54, 1.807) is 0 Å². The summed E-state index contributed by atoms with van der Waals surface area (Å²) in [5.74, 6) is -1.28. The minimum Gasteiger partial charge on any atom is -0.320 e. The predicted molar refractivity (Wildman–Crippen MR) is 76.0 cm³/mol. The first-order valence-corrected chi connectivity index (χ1v) is 6.66. The van der Waals surface area contributed by atoms with E-state index in [-0.39, 0.29) is 5.56 Å². The molecule has 19 heavy (non-hydrogen) atoms. The molecule has 0 bridgehead atoms. The Morgan fingerprint density at radius 3 is 2.16 bits per heavy atom. The summed E-state index contributed by atoms with van der Waals surface area (Å²) in [5, 5.41) is 0. The van der Waals surface area contributed by atoms with E-state index in [4.69, 9.17) is 5.73 Å². The van der Waals surface area contributed by atoms with Gasteiger partial charge in [0.05, 0.1) is 6.04 Å². The fourth-order valence-corrected chi connectivity index (χ4v) is 2.58. The highest BCUT2D eigenvalue weighted by Gasteiger charge is 2.20. The molecule has 1 nitrogen and oxygen atoms in total. The van der Waals surface area contributed by atoms with Gasteiger partial charge in [-0.15, -0.1) is 0 Å².